The topological polar surface area (TPSA) is 96.2 Å². The molecule has 2 aromatic heterocycles. The number of hydrogen-bond donors (Lipinski definition) is 1. The highest BCUT2D eigenvalue weighted by Crippen LogP contribution is 2.35. The first kappa shape index (κ1) is 18.4. The fraction of sp³-hybridized carbons (Fsp3) is 0.526. The second-order valence-corrected chi connectivity index (χ2v) is 7.98. The van der Waals surface area contributed by atoms with Gasteiger partial charge in [-0.2, -0.15) is 5.10 Å². The first-order chi connectivity index (χ1) is 13.4. The van der Waals surface area contributed by atoms with Crippen LogP contribution in [0, 0.1) is 12.8 Å². The molecule has 0 bridgehead atoms. The molecule has 9 heteroatoms. The SMILES string of the molecule is Cc1cnn(-c2cc(N3CCC4(CC3)C(=O)NC(=O)N4CC(C)C)ncn2)c1. The van der Waals surface area contributed by atoms with Crippen LogP contribution in [0.4, 0.5) is 10.6 Å². The largest absolute Gasteiger partial charge is 0.356 e. The Morgan fingerprint density at radius 1 is 1.18 bits per heavy atom. The third-order valence-corrected chi connectivity index (χ3v) is 5.45. The predicted molar refractivity (Wildman–Crippen MR) is 103 cm³/mol. The second kappa shape index (κ2) is 6.88. The molecule has 0 unspecified atom stereocenters. The number of piperidine rings is 1. The number of rotatable bonds is 4. The van der Waals surface area contributed by atoms with Crippen molar-refractivity contribution in [1.29, 1.82) is 0 Å². The van der Waals surface area contributed by atoms with Gasteiger partial charge in [0.25, 0.3) is 5.91 Å². The number of urea groups is 1. The minimum Gasteiger partial charge on any atom is -0.356 e. The molecule has 28 heavy (non-hydrogen) atoms. The predicted octanol–water partition coefficient (Wildman–Crippen LogP) is 1.52. The molecule has 9 nitrogen and oxygen atoms in total. The number of carbonyl (C=O) groups excluding carboxylic acids is 2. The van der Waals surface area contributed by atoms with Gasteiger partial charge in [-0.3, -0.25) is 10.1 Å². The summed E-state index contributed by atoms with van der Waals surface area (Å²) >= 11 is 0. The maximum absolute atomic E-state index is 12.6. The van der Waals surface area contributed by atoms with E-state index in [4.69, 9.17) is 0 Å². The zero-order valence-electron chi connectivity index (χ0n) is 16.4. The van der Waals surface area contributed by atoms with E-state index in [0.29, 0.717) is 44.2 Å². The second-order valence-electron chi connectivity index (χ2n) is 7.98. The Hall–Kier alpha value is -2.97. The average Bonchev–Trinajstić information content (AvgIpc) is 3.20. The molecular weight excluding hydrogens is 358 g/mol. The summed E-state index contributed by atoms with van der Waals surface area (Å²) in [4.78, 5) is 37.5. The molecule has 4 rings (SSSR count). The lowest BCUT2D eigenvalue weighted by Gasteiger charge is -2.43. The first-order valence-electron chi connectivity index (χ1n) is 9.61. The zero-order valence-corrected chi connectivity index (χ0v) is 16.4. The van der Waals surface area contributed by atoms with Gasteiger partial charge in [-0.15, -0.1) is 0 Å². The van der Waals surface area contributed by atoms with Crippen LogP contribution in [-0.2, 0) is 4.79 Å². The standard InChI is InChI=1S/C19H25N7O2/c1-13(2)10-25-18(28)23-17(27)19(25)4-6-24(7-5-19)15-8-16(21-12-20-15)26-11-14(3)9-22-26/h8-9,11-13H,4-7,10H2,1-3H3,(H,23,27,28). The van der Waals surface area contributed by atoms with E-state index >= 15 is 0 Å². The highest BCUT2D eigenvalue weighted by atomic mass is 16.2. The molecule has 0 aliphatic carbocycles. The van der Waals surface area contributed by atoms with E-state index in [2.05, 4.69) is 39.1 Å². The normalized spacial score (nSPS) is 19.0. The molecule has 2 aliphatic heterocycles. The number of nitrogens with zero attached hydrogens (tertiary/aromatic N) is 6. The molecule has 0 aromatic carbocycles. The lowest BCUT2D eigenvalue weighted by Crippen LogP contribution is -2.57. The van der Waals surface area contributed by atoms with Crippen molar-refractivity contribution in [3.8, 4) is 5.82 Å². The first-order valence-corrected chi connectivity index (χ1v) is 9.61. The van der Waals surface area contributed by atoms with Gasteiger partial charge in [-0.05, 0) is 31.2 Å². The number of anilines is 1. The van der Waals surface area contributed by atoms with Crippen LogP contribution >= 0.6 is 0 Å². The van der Waals surface area contributed by atoms with Crippen molar-refractivity contribution >= 4 is 17.8 Å². The Labute approximate surface area is 163 Å². The number of aromatic nitrogens is 4. The van der Waals surface area contributed by atoms with E-state index < -0.39 is 5.54 Å². The molecule has 3 amide bonds. The Bertz CT molecular complexity index is 899. The lowest BCUT2D eigenvalue weighted by molar-refractivity contribution is -0.127. The summed E-state index contributed by atoms with van der Waals surface area (Å²) in [6.07, 6.45) is 6.39. The summed E-state index contributed by atoms with van der Waals surface area (Å²) in [5.74, 6) is 1.63. The van der Waals surface area contributed by atoms with Gasteiger partial charge in [-0.25, -0.2) is 19.4 Å². The highest BCUT2D eigenvalue weighted by molar-refractivity contribution is 6.07. The van der Waals surface area contributed by atoms with Crippen LogP contribution in [0.1, 0.15) is 32.3 Å². The van der Waals surface area contributed by atoms with Crippen molar-refractivity contribution in [1.82, 2.24) is 30.0 Å². The number of hydrogen-bond acceptors (Lipinski definition) is 6. The van der Waals surface area contributed by atoms with Crippen molar-refractivity contribution in [3.63, 3.8) is 0 Å². The van der Waals surface area contributed by atoms with E-state index in [-0.39, 0.29) is 11.9 Å². The molecule has 1 spiro atoms. The van der Waals surface area contributed by atoms with Crippen molar-refractivity contribution in [3.05, 3.63) is 30.4 Å². The van der Waals surface area contributed by atoms with Crippen LogP contribution in [0.15, 0.2) is 24.8 Å². The highest BCUT2D eigenvalue weighted by Gasteiger charge is 2.54. The van der Waals surface area contributed by atoms with Gasteiger partial charge in [0.05, 0.1) is 6.20 Å². The molecule has 2 aromatic rings. The Morgan fingerprint density at radius 2 is 1.89 bits per heavy atom. The van der Waals surface area contributed by atoms with Gasteiger partial charge in [0.15, 0.2) is 5.82 Å². The maximum Gasteiger partial charge on any atom is 0.325 e. The van der Waals surface area contributed by atoms with Crippen LogP contribution in [0.5, 0.6) is 0 Å². The van der Waals surface area contributed by atoms with Crippen LogP contribution in [-0.4, -0.2) is 61.8 Å². The summed E-state index contributed by atoms with van der Waals surface area (Å²) in [5.41, 5.74) is 0.314. The Balaban J connectivity index is 1.52. The molecule has 2 aliphatic rings. The number of amides is 3. The monoisotopic (exact) mass is 383 g/mol. The van der Waals surface area contributed by atoms with Gasteiger partial charge < -0.3 is 9.80 Å². The van der Waals surface area contributed by atoms with Gasteiger partial charge >= 0.3 is 6.03 Å². The van der Waals surface area contributed by atoms with Gasteiger partial charge in [0, 0.05) is 31.9 Å². The molecule has 2 fully saturated rings. The minimum absolute atomic E-state index is 0.173. The summed E-state index contributed by atoms with van der Waals surface area (Å²) in [6, 6.07) is 1.63. The third-order valence-electron chi connectivity index (χ3n) is 5.45. The van der Waals surface area contributed by atoms with Crippen molar-refractivity contribution in [2.24, 2.45) is 5.92 Å². The van der Waals surface area contributed by atoms with Crippen LogP contribution in [0.25, 0.3) is 5.82 Å². The van der Waals surface area contributed by atoms with E-state index in [1.807, 2.05) is 19.2 Å². The van der Waals surface area contributed by atoms with Crippen molar-refractivity contribution in [2.75, 3.05) is 24.5 Å². The van der Waals surface area contributed by atoms with E-state index in [9.17, 15) is 9.59 Å². The summed E-state index contributed by atoms with van der Waals surface area (Å²) < 4.78 is 1.72. The summed E-state index contributed by atoms with van der Waals surface area (Å²) in [6.45, 7) is 7.95. The van der Waals surface area contributed by atoms with Gasteiger partial charge in [0.2, 0.25) is 0 Å². The van der Waals surface area contributed by atoms with E-state index in [1.54, 1.807) is 15.8 Å². The Morgan fingerprint density at radius 3 is 2.54 bits per heavy atom. The number of imide groups is 1. The molecule has 1 N–H and O–H groups in total. The molecule has 0 saturated carbocycles. The van der Waals surface area contributed by atoms with Crippen molar-refractivity contribution < 1.29 is 9.59 Å². The smallest absolute Gasteiger partial charge is 0.325 e. The fourth-order valence-corrected chi connectivity index (χ4v) is 4.00. The molecule has 0 atom stereocenters. The molecule has 148 valence electrons. The molecule has 2 saturated heterocycles. The van der Waals surface area contributed by atoms with Gasteiger partial charge in [0.1, 0.15) is 17.7 Å². The quantitative estimate of drug-likeness (QED) is 0.804. The van der Waals surface area contributed by atoms with E-state index in [0.717, 1.165) is 11.4 Å². The summed E-state index contributed by atoms with van der Waals surface area (Å²) in [5, 5.41) is 6.81. The van der Waals surface area contributed by atoms with Crippen LogP contribution < -0.4 is 10.2 Å². The third kappa shape index (κ3) is 3.10. The molecule has 0 radical (unpaired) electrons. The summed E-state index contributed by atoms with van der Waals surface area (Å²) in [7, 11) is 0. The Kier molecular flexibility index (Phi) is 4.52. The lowest BCUT2D eigenvalue weighted by atomic mass is 9.85. The maximum atomic E-state index is 12.6. The van der Waals surface area contributed by atoms with Crippen LogP contribution in [0.2, 0.25) is 0 Å². The van der Waals surface area contributed by atoms with Crippen LogP contribution in [0.3, 0.4) is 0 Å². The number of nitrogens with one attached hydrogen (secondary N) is 1. The van der Waals surface area contributed by atoms with Crippen molar-refractivity contribution in [2.45, 2.75) is 39.2 Å². The fourth-order valence-electron chi connectivity index (χ4n) is 4.00. The number of aryl methyl sites for hydroxylation is 1. The van der Waals surface area contributed by atoms with Gasteiger partial charge in [-0.1, -0.05) is 13.8 Å². The molecular formula is C19H25N7O2. The van der Waals surface area contributed by atoms with E-state index in [1.165, 1.54) is 6.33 Å². The minimum atomic E-state index is -0.743. The zero-order chi connectivity index (χ0) is 19.9. The number of carbonyl (C=O) groups is 2. The average molecular weight is 383 g/mol. The molecule has 4 heterocycles.